The summed E-state index contributed by atoms with van der Waals surface area (Å²) in [6.45, 7) is 0. The van der Waals surface area contributed by atoms with Crippen LogP contribution in [-0.2, 0) is 0 Å². The number of anilines is 3. The lowest BCUT2D eigenvalue weighted by atomic mass is 9.94. The van der Waals surface area contributed by atoms with Gasteiger partial charge in [-0.15, -0.1) is 0 Å². The Balaban J connectivity index is 1.04. The highest BCUT2D eigenvalue weighted by Gasteiger charge is 2.22. The van der Waals surface area contributed by atoms with Gasteiger partial charge in [0.25, 0.3) is 0 Å². The fourth-order valence-corrected chi connectivity index (χ4v) is 10.5. The maximum Gasteiger partial charge on any atom is 0.0619 e. The lowest BCUT2D eigenvalue weighted by Crippen LogP contribution is -2.12. The van der Waals surface area contributed by atoms with Gasteiger partial charge in [-0.25, -0.2) is 0 Å². The van der Waals surface area contributed by atoms with E-state index in [-0.39, 0.29) is 0 Å². The first-order chi connectivity index (χ1) is 32.7. The van der Waals surface area contributed by atoms with E-state index in [4.69, 9.17) is 0 Å². The van der Waals surface area contributed by atoms with Crippen molar-refractivity contribution >= 4 is 82.0 Å². The van der Waals surface area contributed by atoms with Crippen LogP contribution in [0.4, 0.5) is 17.1 Å². The average Bonchev–Trinajstić information content (AvgIpc) is 3.74. The topological polar surface area (TPSA) is 8.17 Å². The van der Waals surface area contributed by atoms with Gasteiger partial charge >= 0.3 is 0 Å². The predicted octanol–water partition coefficient (Wildman–Crippen LogP) is 17.9. The van der Waals surface area contributed by atoms with E-state index in [9.17, 15) is 0 Å². The van der Waals surface area contributed by atoms with Crippen molar-refractivity contribution in [1.82, 2.24) is 4.57 Å². The molecule has 0 bridgehead atoms. The lowest BCUT2D eigenvalue weighted by Gasteiger charge is -2.30. The highest BCUT2D eigenvalue weighted by molar-refractivity contribution is 6.18. The van der Waals surface area contributed by atoms with Gasteiger partial charge in [0.1, 0.15) is 0 Å². The summed E-state index contributed by atoms with van der Waals surface area (Å²) in [5.74, 6) is 0. The fourth-order valence-electron chi connectivity index (χ4n) is 10.5. The van der Waals surface area contributed by atoms with Gasteiger partial charge in [0.05, 0.1) is 22.4 Å². The maximum absolute atomic E-state index is 2.48. The summed E-state index contributed by atoms with van der Waals surface area (Å²) in [5.41, 5.74) is 13.9. The van der Waals surface area contributed by atoms with E-state index in [0.29, 0.717) is 0 Å². The molecule has 2 nitrogen and oxygen atoms in total. The molecular formula is C64H42N2. The molecule has 0 atom stereocenters. The highest BCUT2D eigenvalue weighted by atomic mass is 15.1. The number of benzene rings is 12. The van der Waals surface area contributed by atoms with Gasteiger partial charge in [-0.1, -0.05) is 206 Å². The predicted molar refractivity (Wildman–Crippen MR) is 282 cm³/mol. The van der Waals surface area contributed by atoms with Crippen molar-refractivity contribution in [2.24, 2.45) is 0 Å². The Bertz CT molecular complexity index is 4020. The number of hydrogen-bond acceptors (Lipinski definition) is 1. The van der Waals surface area contributed by atoms with Crippen LogP contribution in [0.1, 0.15) is 0 Å². The molecule has 0 fully saturated rings. The fraction of sp³-hybridized carbons (Fsp3) is 0. The van der Waals surface area contributed by atoms with Gasteiger partial charge in [0.2, 0.25) is 0 Å². The van der Waals surface area contributed by atoms with Crippen LogP contribution in [0.3, 0.4) is 0 Å². The Morgan fingerprint density at radius 1 is 0.273 bits per heavy atom. The molecule has 12 aromatic carbocycles. The van der Waals surface area contributed by atoms with Gasteiger partial charge in [-0.2, -0.15) is 0 Å². The Kier molecular flexibility index (Phi) is 8.89. The SMILES string of the molecule is c1cc(-c2cccc3ccccc23)cc(N(c2ccccc2-c2cccc(-n3c4ccccc4c4ccc5ccccc5c43)c2)c2ccc(-c3ccc4ccccc4c3)c3ccccc23)c1. The first kappa shape index (κ1) is 37.8. The molecule has 0 N–H and O–H groups in total. The molecule has 13 aromatic rings. The normalized spacial score (nSPS) is 11.6. The molecule has 0 aliphatic rings. The summed E-state index contributed by atoms with van der Waals surface area (Å²) < 4.78 is 2.46. The number of hydrogen-bond donors (Lipinski definition) is 0. The molecule has 2 heteroatoms. The van der Waals surface area contributed by atoms with Gasteiger partial charge in [-0.05, 0) is 109 Å². The summed E-state index contributed by atoms with van der Waals surface area (Å²) in [6.07, 6.45) is 0. The van der Waals surface area contributed by atoms with Crippen molar-refractivity contribution < 1.29 is 0 Å². The van der Waals surface area contributed by atoms with E-state index in [0.717, 1.165) is 33.9 Å². The highest BCUT2D eigenvalue weighted by Crippen LogP contribution is 2.47. The third-order valence-corrected chi connectivity index (χ3v) is 13.5. The van der Waals surface area contributed by atoms with Crippen LogP contribution in [0, 0.1) is 0 Å². The molecule has 0 unspecified atom stereocenters. The molecular weight excluding hydrogens is 797 g/mol. The van der Waals surface area contributed by atoms with Gasteiger partial charge in [0, 0.05) is 38.5 Å². The second-order valence-corrected chi connectivity index (χ2v) is 17.3. The van der Waals surface area contributed by atoms with E-state index < -0.39 is 0 Å². The molecule has 1 aromatic heterocycles. The quantitative estimate of drug-likeness (QED) is 0.155. The van der Waals surface area contributed by atoms with Crippen molar-refractivity contribution in [2.45, 2.75) is 0 Å². The largest absolute Gasteiger partial charge is 0.309 e. The Morgan fingerprint density at radius 2 is 0.848 bits per heavy atom. The van der Waals surface area contributed by atoms with E-state index in [1.807, 2.05) is 0 Å². The first-order valence-corrected chi connectivity index (χ1v) is 22.8. The van der Waals surface area contributed by atoms with Crippen LogP contribution in [0.2, 0.25) is 0 Å². The number of para-hydroxylation sites is 2. The summed E-state index contributed by atoms with van der Waals surface area (Å²) in [5, 5.41) is 12.3. The van der Waals surface area contributed by atoms with Crippen LogP contribution >= 0.6 is 0 Å². The van der Waals surface area contributed by atoms with E-state index >= 15 is 0 Å². The smallest absolute Gasteiger partial charge is 0.0619 e. The van der Waals surface area contributed by atoms with Crippen LogP contribution < -0.4 is 4.90 Å². The minimum Gasteiger partial charge on any atom is -0.309 e. The number of aromatic nitrogens is 1. The van der Waals surface area contributed by atoms with Gasteiger partial charge in [0.15, 0.2) is 0 Å². The Labute approximate surface area is 383 Å². The molecule has 308 valence electrons. The second-order valence-electron chi connectivity index (χ2n) is 17.3. The summed E-state index contributed by atoms with van der Waals surface area (Å²) >= 11 is 0. The van der Waals surface area contributed by atoms with Crippen LogP contribution in [0.15, 0.2) is 255 Å². The zero-order valence-electron chi connectivity index (χ0n) is 36.1. The molecule has 66 heavy (non-hydrogen) atoms. The minimum absolute atomic E-state index is 1.08. The summed E-state index contributed by atoms with van der Waals surface area (Å²) in [6, 6.07) is 93.5. The number of nitrogens with zero attached hydrogens (tertiary/aromatic N) is 2. The zero-order valence-corrected chi connectivity index (χ0v) is 36.1. The summed E-state index contributed by atoms with van der Waals surface area (Å²) in [7, 11) is 0. The monoisotopic (exact) mass is 838 g/mol. The third kappa shape index (κ3) is 6.18. The van der Waals surface area contributed by atoms with Crippen LogP contribution in [0.25, 0.3) is 104 Å². The van der Waals surface area contributed by atoms with Crippen molar-refractivity contribution in [1.29, 1.82) is 0 Å². The minimum atomic E-state index is 1.08. The molecule has 0 radical (unpaired) electrons. The number of fused-ring (bicyclic) bond motifs is 8. The van der Waals surface area contributed by atoms with Gasteiger partial charge in [-0.3, -0.25) is 0 Å². The van der Waals surface area contributed by atoms with E-state index in [1.54, 1.807) is 0 Å². The number of rotatable bonds is 7. The molecule has 0 amide bonds. The molecule has 0 aliphatic heterocycles. The maximum atomic E-state index is 2.48. The molecule has 0 aliphatic carbocycles. The molecule has 13 rings (SSSR count). The molecule has 1 heterocycles. The van der Waals surface area contributed by atoms with Crippen molar-refractivity contribution in [3.8, 4) is 39.1 Å². The molecule has 0 saturated carbocycles. The van der Waals surface area contributed by atoms with Crippen molar-refractivity contribution in [3.63, 3.8) is 0 Å². The van der Waals surface area contributed by atoms with E-state index in [1.165, 1.54) is 87.1 Å². The zero-order chi connectivity index (χ0) is 43.6. The average molecular weight is 839 g/mol. The molecule has 0 saturated heterocycles. The third-order valence-electron chi connectivity index (χ3n) is 13.5. The summed E-state index contributed by atoms with van der Waals surface area (Å²) in [4.78, 5) is 2.48. The van der Waals surface area contributed by atoms with Gasteiger partial charge < -0.3 is 9.47 Å². The Hall–Kier alpha value is -8.72. The van der Waals surface area contributed by atoms with Crippen molar-refractivity contribution in [3.05, 3.63) is 255 Å². The molecule has 0 spiro atoms. The van der Waals surface area contributed by atoms with Crippen LogP contribution in [0.5, 0.6) is 0 Å². The first-order valence-electron chi connectivity index (χ1n) is 22.8. The lowest BCUT2D eigenvalue weighted by molar-refractivity contribution is 1.19. The van der Waals surface area contributed by atoms with E-state index in [2.05, 4.69) is 264 Å². The standard InChI is InChI=1S/C64H42N2/c1-2-19-46-40-49(35-34-43(46)16-1)54-38-39-63(58-29-8-7-28-57(54)58)65(50-23-13-21-47(41-50)53-31-15-20-44-17-3-5-25-52(44)53)61-32-11-9-26-55(61)48-22-14-24-51(42-48)66-62-33-12-10-30-59(62)60-37-36-45-18-4-6-27-56(45)64(60)66/h1-42H. The van der Waals surface area contributed by atoms with Crippen molar-refractivity contribution in [2.75, 3.05) is 4.90 Å². The second kappa shape index (κ2) is 15.5. The Morgan fingerprint density at radius 3 is 1.71 bits per heavy atom. The van der Waals surface area contributed by atoms with Crippen LogP contribution in [-0.4, -0.2) is 4.57 Å².